The Hall–Kier alpha value is -1.32. The number of rotatable bonds is 5. The first-order valence-electron chi connectivity index (χ1n) is 6.53. The summed E-state index contributed by atoms with van der Waals surface area (Å²) in [4.78, 5) is 2.12. The van der Waals surface area contributed by atoms with Crippen molar-refractivity contribution < 1.29 is 4.74 Å². The van der Waals surface area contributed by atoms with Crippen molar-refractivity contribution >= 4 is 5.57 Å². The summed E-state index contributed by atoms with van der Waals surface area (Å²) >= 11 is 0. The number of benzene rings is 1. The van der Waals surface area contributed by atoms with Gasteiger partial charge in [0.25, 0.3) is 0 Å². The minimum Gasteiger partial charge on any atom is -0.492 e. The van der Waals surface area contributed by atoms with Crippen molar-refractivity contribution in [1.82, 2.24) is 10.2 Å². The van der Waals surface area contributed by atoms with Gasteiger partial charge in [-0.3, -0.25) is 0 Å². The molecule has 3 heteroatoms. The monoisotopic (exact) mass is 246 g/mol. The van der Waals surface area contributed by atoms with Gasteiger partial charge in [-0.25, -0.2) is 0 Å². The molecule has 3 nitrogen and oxygen atoms in total. The molecule has 1 heterocycles. The van der Waals surface area contributed by atoms with Gasteiger partial charge in [0, 0.05) is 13.1 Å². The summed E-state index contributed by atoms with van der Waals surface area (Å²) in [5.74, 6) is 0.954. The number of hydrogen-bond acceptors (Lipinski definition) is 3. The topological polar surface area (TPSA) is 24.5 Å². The van der Waals surface area contributed by atoms with Crippen LogP contribution in [0.15, 0.2) is 30.3 Å². The molecule has 98 valence electrons. The zero-order valence-electron chi connectivity index (χ0n) is 11.3. The van der Waals surface area contributed by atoms with Gasteiger partial charge in [-0.15, -0.1) is 0 Å². The molecular weight excluding hydrogens is 224 g/mol. The van der Waals surface area contributed by atoms with Crippen LogP contribution in [0.1, 0.15) is 12.0 Å². The Kier molecular flexibility index (Phi) is 4.79. The van der Waals surface area contributed by atoms with Crippen LogP contribution >= 0.6 is 0 Å². The largest absolute Gasteiger partial charge is 0.492 e. The zero-order valence-corrected chi connectivity index (χ0v) is 11.3. The summed E-state index contributed by atoms with van der Waals surface area (Å²) in [5.41, 5.74) is 2.75. The first-order chi connectivity index (χ1) is 8.75. The molecule has 1 aromatic carbocycles. The lowest BCUT2D eigenvalue weighted by Gasteiger charge is -2.15. The molecular formula is C15H22N2O. The Morgan fingerprint density at radius 3 is 2.61 bits per heavy atom. The van der Waals surface area contributed by atoms with Crippen LogP contribution < -0.4 is 10.1 Å². The molecule has 0 aliphatic carbocycles. The number of nitrogens with zero attached hydrogens (tertiary/aromatic N) is 1. The van der Waals surface area contributed by atoms with E-state index in [1.807, 2.05) is 0 Å². The minimum atomic E-state index is 0.735. The third-order valence-corrected chi connectivity index (χ3v) is 3.10. The average Bonchev–Trinajstić information content (AvgIpc) is 2.40. The molecule has 1 aliphatic heterocycles. The van der Waals surface area contributed by atoms with Crippen LogP contribution in [-0.4, -0.2) is 45.2 Å². The van der Waals surface area contributed by atoms with Gasteiger partial charge in [-0.1, -0.05) is 18.2 Å². The van der Waals surface area contributed by atoms with Gasteiger partial charge in [-0.2, -0.15) is 0 Å². The van der Waals surface area contributed by atoms with E-state index < -0.39 is 0 Å². The Bertz CT molecular complexity index is 395. The van der Waals surface area contributed by atoms with Crippen molar-refractivity contribution in [2.75, 3.05) is 40.3 Å². The van der Waals surface area contributed by atoms with Crippen molar-refractivity contribution in [3.63, 3.8) is 0 Å². The van der Waals surface area contributed by atoms with E-state index in [4.69, 9.17) is 4.74 Å². The van der Waals surface area contributed by atoms with E-state index in [1.54, 1.807) is 0 Å². The van der Waals surface area contributed by atoms with E-state index in [9.17, 15) is 0 Å². The van der Waals surface area contributed by atoms with Gasteiger partial charge in [0.05, 0.1) is 0 Å². The van der Waals surface area contributed by atoms with Gasteiger partial charge < -0.3 is 15.0 Å². The number of ether oxygens (including phenoxy) is 1. The summed E-state index contributed by atoms with van der Waals surface area (Å²) < 4.78 is 5.69. The first-order valence-corrected chi connectivity index (χ1v) is 6.53. The van der Waals surface area contributed by atoms with Crippen molar-refractivity contribution in [1.29, 1.82) is 0 Å². The first kappa shape index (κ1) is 13.1. The molecule has 1 aromatic rings. The second-order valence-corrected chi connectivity index (χ2v) is 4.86. The van der Waals surface area contributed by atoms with Crippen LogP contribution in [-0.2, 0) is 0 Å². The number of likely N-dealkylation sites (N-methyl/N-ethyl adjacent to an activating group) is 1. The van der Waals surface area contributed by atoms with Gasteiger partial charge in [0.1, 0.15) is 12.4 Å². The molecule has 0 saturated carbocycles. The summed E-state index contributed by atoms with van der Waals surface area (Å²) in [6.07, 6.45) is 3.38. The minimum absolute atomic E-state index is 0.735. The fraction of sp³-hybridized carbons (Fsp3) is 0.467. The van der Waals surface area contributed by atoms with E-state index in [0.29, 0.717) is 0 Å². The van der Waals surface area contributed by atoms with Gasteiger partial charge in [-0.05, 0) is 50.3 Å². The molecule has 0 amide bonds. The highest BCUT2D eigenvalue weighted by molar-refractivity contribution is 5.67. The van der Waals surface area contributed by atoms with E-state index in [1.165, 1.54) is 11.1 Å². The van der Waals surface area contributed by atoms with Crippen LogP contribution in [0.4, 0.5) is 0 Å². The fourth-order valence-corrected chi connectivity index (χ4v) is 2.00. The summed E-state index contributed by atoms with van der Waals surface area (Å²) in [6.45, 7) is 3.74. The van der Waals surface area contributed by atoms with Crippen LogP contribution in [0.25, 0.3) is 5.57 Å². The van der Waals surface area contributed by atoms with Crippen LogP contribution in [0.3, 0.4) is 0 Å². The highest BCUT2D eigenvalue weighted by atomic mass is 16.5. The van der Waals surface area contributed by atoms with Gasteiger partial charge >= 0.3 is 0 Å². The molecule has 0 unspecified atom stereocenters. The third-order valence-electron chi connectivity index (χ3n) is 3.10. The second kappa shape index (κ2) is 6.57. The molecule has 0 aromatic heterocycles. The molecule has 1 N–H and O–H groups in total. The van der Waals surface area contributed by atoms with Crippen molar-refractivity contribution in [3.8, 4) is 5.75 Å². The molecule has 0 spiro atoms. The van der Waals surface area contributed by atoms with E-state index >= 15 is 0 Å². The average molecular weight is 246 g/mol. The molecule has 18 heavy (non-hydrogen) atoms. The molecule has 1 aliphatic rings. The Morgan fingerprint density at radius 1 is 1.22 bits per heavy atom. The van der Waals surface area contributed by atoms with Gasteiger partial charge in [0.2, 0.25) is 0 Å². The molecule has 2 rings (SSSR count). The lowest BCUT2D eigenvalue weighted by molar-refractivity contribution is 0.261. The molecule has 0 radical (unpaired) electrons. The Labute approximate surface area is 109 Å². The van der Waals surface area contributed by atoms with E-state index in [-0.39, 0.29) is 0 Å². The Morgan fingerprint density at radius 2 is 2.00 bits per heavy atom. The van der Waals surface area contributed by atoms with E-state index in [2.05, 4.69) is 54.7 Å². The van der Waals surface area contributed by atoms with Crippen molar-refractivity contribution in [3.05, 3.63) is 35.9 Å². The van der Waals surface area contributed by atoms with E-state index in [0.717, 1.165) is 38.4 Å². The lowest BCUT2D eigenvalue weighted by atomic mass is 10.0. The predicted molar refractivity (Wildman–Crippen MR) is 76.0 cm³/mol. The smallest absolute Gasteiger partial charge is 0.119 e. The van der Waals surface area contributed by atoms with Gasteiger partial charge in [0.15, 0.2) is 0 Å². The van der Waals surface area contributed by atoms with Crippen molar-refractivity contribution in [2.24, 2.45) is 0 Å². The van der Waals surface area contributed by atoms with Crippen LogP contribution in [0, 0.1) is 0 Å². The lowest BCUT2D eigenvalue weighted by Crippen LogP contribution is -2.20. The number of hydrogen-bond donors (Lipinski definition) is 1. The summed E-state index contributed by atoms with van der Waals surface area (Å²) in [5, 5.41) is 3.33. The van der Waals surface area contributed by atoms with Crippen molar-refractivity contribution in [2.45, 2.75) is 6.42 Å². The quantitative estimate of drug-likeness (QED) is 0.860. The fourth-order valence-electron chi connectivity index (χ4n) is 2.00. The summed E-state index contributed by atoms with van der Waals surface area (Å²) in [7, 11) is 4.10. The molecule has 0 saturated heterocycles. The highest BCUT2D eigenvalue weighted by Gasteiger charge is 2.05. The maximum Gasteiger partial charge on any atom is 0.119 e. The maximum absolute atomic E-state index is 5.69. The maximum atomic E-state index is 5.69. The molecule has 0 atom stereocenters. The van der Waals surface area contributed by atoms with Crippen LogP contribution in [0.2, 0.25) is 0 Å². The molecule has 0 bridgehead atoms. The highest BCUT2D eigenvalue weighted by Crippen LogP contribution is 2.22. The summed E-state index contributed by atoms with van der Waals surface area (Å²) in [6, 6.07) is 8.44. The predicted octanol–water partition coefficient (Wildman–Crippen LogP) is 2.00. The number of nitrogens with one attached hydrogen (secondary N) is 1. The SMILES string of the molecule is CN(C)CCOc1ccc(C2=CCNCC2)cc1. The standard InChI is InChI=1S/C15H22N2O/c1-17(2)11-12-18-15-5-3-13(4-6-15)14-7-9-16-10-8-14/h3-7,16H,8-12H2,1-2H3. The molecule has 0 fully saturated rings. The second-order valence-electron chi connectivity index (χ2n) is 4.86. The normalized spacial score (nSPS) is 15.6. The zero-order chi connectivity index (χ0) is 12.8. The Balaban J connectivity index is 1.91. The van der Waals surface area contributed by atoms with Crippen LogP contribution in [0.5, 0.6) is 5.75 Å². The third kappa shape index (κ3) is 3.86.